The Kier molecular flexibility index (Phi) is 6.99. The van der Waals surface area contributed by atoms with Crippen molar-refractivity contribution in [2.75, 3.05) is 24.7 Å². The zero-order valence-electron chi connectivity index (χ0n) is 21.4. The number of phosphoric acid groups is 1. The summed E-state index contributed by atoms with van der Waals surface area (Å²) in [4.78, 5) is 45.5. The maximum absolute atomic E-state index is 13.0. The lowest BCUT2D eigenvalue weighted by molar-refractivity contribution is -0.0597. The summed E-state index contributed by atoms with van der Waals surface area (Å²) >= 11 is 0. The quantitative estimate of drug-likeness (QED) is 0.131. The number of aliphatic hydroxyl groups excluding tert-OH is 2. The Bertz CT molecular complexity index is 1690. The van der Waals surface area contributed by atoms with Crippen molar-refractivity contribution in [2.24, 2.45) is 5.92 Å². The van der Waals surface area contributed by atoms with Crippen molar-refractivity contribution < 1.29 is 38.2 Å². The molecular weight excluding hydrogens is 567 g/mol. The van der Waals surface area contributed by atoms with Crippen LogP contribution < -0.4 is 17.0 Å². The van der Waals surface area contributed by atoms with Crippen LogP contribution in [0.3, 0.4) is 0 Å². The number of hydrogen-bond acceptors (Lipinski definition) is 15. The molecule has 2 fully saturated rings. The molecule has 0 spiro atoms. The average molecular weight is 594 g/mol. The SMILES string of the molecule is C[C@H]1[C@H](O)[C@@H](COP(=O)(O)O[C@@H]2C[C@@H](CO)O[C@H]2n2cnc3c(=O)[nH]c(N)nc32)O[C@H]1n1cnc2c(N)ncnc21. The lowest BCUT2D eigenvalue weighted by Gasteiger charge is -2.23. The lowest BCUT2D eigenvalue weighted by Crippen LogP contribution is -2.29. The number of aliphatic hydroxyl groups is 2. The number of hydrogen-bond donors (Lipinski definition) is 6. The molecule has 4 aromatic rings. The smallest absolute Gasteiger partial charge is 0.394 e. The second-order valence-electron chi connectivity index (χ2n) is 9.75. The third kappa shape index (κ3) is 4.95. The summed E-state index contributed by atoms with van der Waals surface area (Å²) in [7, 11) is -4.78. The van der Waals surface area contributed by atoms with Gasteiger partial charge >= 0.3 is 7.82 Å². The van der Waals surface area contributed by atoms with Gasteiger partial charge in [-0.05, 0) is 0 Å². The Morgan fingerprint density at radius 3 is 2.61 bits per heavy atom. The lowest BCUT2D eigenvalue weighted by atomic mass is 10.0. The number of aromatic amines is 1. The summed E-state index contributed by atoms with van der Waals surface area (Å²) in [5.41, 5.74) is 11.7. The van der Waals surface area contributed by atoms with Gasteiger partial charge in [0, 0.05) is 12.3 Å². The number of aromatic nitrogens is 8. The summed E-state index contributed by atoms with van der Waals surface area (Å²) in [6.45, 7) is 0.830. The van der Waals surface area contributed by atoms with Gasteiger partial charge in [-0.1, -0.05) is 6.92 Å². The summed E-state index contributed by atoms with van der Waals surface area (Å²) in [6.07, 6.45) is -1.80. The van der Waals surface area contributed by atoms with E-state index in [-0.39, 0.29) is 29.4 Å². The normalized spacial score (nSPS) is 29.9. The number of nitrogen functional groups attached to an aromatic ring is 2. The molecule has 0 amide bonds. The number of H-pyrrole nitrogens is 1. The molecule has 4 aromatic heterocycles. The molecule has 2 aliphatic heterocycles. The van der Waals surface area contributed by atoms with Crippen LogP contribution in [0.5, 0.6) is 0 Å². The molecule has 0 saturated carbocycles. The Hall–Kier alpha value is -3.55. The molecule has 0 aromatic carbocycles. The highest BCUT2D eigenvalue weighted by molar-refractivity contribution is 7.47. The molecule has 20 heteroatoms. The van der Waals surface area contributed by atoms with Crippen LogP contribution in [-0.2, 0) is 23.1 Å². The molecule has 8 atom stereocenters. The zero-order chi connectivity index (χ0) is 29.1. The van der Waals surface area contributed by atoms with Gasteiger partial charge in [-0.2, -0.15) is 4.98 Å². The maximum Gasteiger partial charge on any atom is 0.472 e. The molecule has 1 unspecified atom stereocenters. The summed E-state index contributed by atoms with van der Waals surface area (Å²) in [5, 5.41) is 20.5. The first kappa shape index (κ1) is 27.6. The minimum Gasteiger partial charge on any atom is -0.394 e. The summed E-state index contributed by atoms with van der Waals surface area (Å²) in [6, 6.07) is 0. The number of fused-ring (bicyclic) bond motifs is 2. The number of nitrogens with two attached hydrogens (primary N) is 2. The number of phosphoric ester groups is 1. The fraction of sp³-hybridized carbons (Fsp3) is 0.524. The minimum absolute atomic E-state index is 0.00771. The van der Waals surface area contributed by atoms with Crippen molar-refractivity contribution in [3.63, 3.8) is 0 Å². The fourth-order valence-corrected chi connectivity index (χ4v) is 6.00. The maximum atomic E-state index is 13.0. The van der Waals surface area contributed by atoms with Gasteiger partial charge in [-0.3, -0.25) is 28.0 Å². The van der Waals surface area contributed by atoms with Crippen LogP contribution in [0, 0.1) is 5.92 Å². The van der Waals surface area contributed by atoms with Crippen LogP contribution in [0.2, 0.25) is 0 Å². The number of ether oxygens (including phenoxy) is 2. The van der Waals surface area contributed by atoms with E-state index in [4.69, 9.17) is 30.0 Å². The number of rotatable bonds is 8. The Labute approximate surface area is 229 Å². The molecular formula is C21H27N10O9P. The van der Waals surface area contributed by atoms with Gasteiger partial charge in [0.25, 0.3) is 5.56 Å². The monoisotopic (exact) mass is 594 g/mol. The van der Waals surface area contributed by atoms with Crippen molar-refractivity contribution in [2.45, 2.75) is 50.2 Å². The Balaban J connectivity index is 1.16. The second kappa shape index (κ2) is 10.4. The highest BCUT2D eigenvalue weighted by Gasteiger charge is 2.46. The van der Waals surface area contributed by atoms with Gasteiger partial charge in [0.15, 0.2) is 28.9 Å². The predicted octanol–water partition coefficient (Wildman–Crippen LogP) is -1.20. The van der Waals surface area contributed by atoms with E-state index < -0.39 is 69.4 Å². The first-order chi connectivity index (χ1) is 19.6. The van der Waals surface area contributed by atoms with E-state index in [0.717, 1.165) is 0 Å². The van der Waals surface area contributed by atoms with Crippen LogP contribution in [0.25, 0.3) is 22.3 Å². The van der Waals surface area contributed by atoms with E-state index in [1.165, 1.54) is 23.5 Å². The summed E-state index contributed by atoms with van der Waals surface area (Å²) < 4.78 is 38.3. The van der Waals surface area contributed by atoms with Crippen molar-refractivity contribution in [1.82, 2.24) is 39.0 Å². The fourth-order valence-electron chi connectivity index (χ4n) is 5.08. The molecule has 0 aliphatic carbocycles. The zero-order valence-corrected chi connectivity index (χ0v) is 22.3. The van der Waals surface area contributed by atoms with E-state index in [0.29, 0.717) is 11.2 Å². The molecule has 0 bridgehead atoms. The molecule has 2 saturated heterocycles. The standard InChI is InChI=1S/C21H27N10O9P/c1-8-14(33)11(39-19(8)30-6-26-12-15(22)24-5-25-16(12)30)4-37-41(35,36)40-10-2-9(3-32)38-20(10)31-7-27-13-17(31)28-21(23)29-18(13)34/h5-11,14,19-20,32-33H,2-4H2,1H3,(H,35,36)(H2,22,24,25)(H3,23,28,29,34)/t8-,9-,10+,11+,14-,19+,20+/m0/s1. The molecule has 2 aliphatic rings. The van der Waals surface area contributed by atoms with Crippen molar-refractivity contribution >= 4 is 41.9 Å². The van der Waals surface area contributed by atoms with Gasteiger partial charge in [-0.15, -0.1) is 0 Å². The third-order valence-corrected chi connectivity index (χ3v) is 8.10. The molecule has 41 heavy (non-hydrogen) atoms. The van der Waals surface area contributed by atoms with Crippen LogP contribution in [0.4, 0.5) is 11.8 Å². The van der Waals surface area contributed by atoms with Crippen molar-refractivity contribution in [1.29, 1.82) is 0 Å². The number of imidazole rings is 2. The van der Waals surface area contributed by atoms with Crippen LogP contribution in [0.15, 0.2) is 23.8 Å². The Morgan fingerprint density at radius 1 is 1.12 bits per heavy atom. The highest BCUT2D eigenvalue weighted by Crippen LogP contribution is 2.50. The molecule has 220 valence electrons. The molecule has 8 N–H and O–H groups in total. The van der Waals surface area contributed by atoms with E-state index in [2.05, 4.69) is 29.9 Å². The highest BCUT2D eigenvalue weighted by atomic mass is 31.2. The summed E-state index contributed by atoms with van der Waals surface area (Å²) in [5.74, 6) is -0.464. The number of nitrogens with zero attached hydrogens (tertiary/aromatic N) is 7. The third-order valence-electron chi connectivity index (χ3n) is 7.09. The number of nitrogens with one attached hydrogen (secondary N) is 1. The van der Waals surface area contributed by atoms with Crippen molar-refractivity contribution in [3.8, 4) is 0 Å². The molecule has 6 heterocycles. The Morgan fingerprint density at radius 2 is 1.85 bits per heavy atom. The van der Waals surface area contributed by atoms with E-state index in [9.17, 15) is 24.5 Å². The van der Waals surface area contributed by atoms with E-state index >= 15 is 0 Å². The topological polar surface area (TPSA) is 274 Å². The second-order valence-corrected chi connectivity index (χ2v) is 11.2. The minimum atomic E-state index is -4.78. The van der Waals surface area contributed by atoms with Crippen molar-refractivity contribution in [3.05, 3.63) is 29.3 Å². The van der Waals surface area contributed by atoms with Gasteiger partial charge < -0.3 is 36.0 Å². The van der Waals surface area contributed by atoms with Gasteiger partial charge in [0.1, 0.15) is 30.3 Å². The predicted molar refractivity (Wildman–Crippen MR) is 138 cm³/mol. The average Bonchev–Trinajstić information content (AvgIpc) is 3.69. The van der Waals surface area contributed by atoms with Crippen LogP contribution >= 0.6 is 7.82 Å². The number of anilines is 2. The van der Waals surface area contributed by atoms with Crippen LogP contribution in [0.1, 0.15) is 25.8 Å². The molecule has 0 radical (unpaired) electrons. The van der Waals surface area contributed by atoms with Crippen LogP contribution in [-0.4, -0.2) is 91.8 Å². The first-order valence-electron chi connectivity index (χ1n) is 12.5. The largest absolute Gasteiger partial charge is 0.472 e. The first-order valence-corrected chi connectivity index (χ1v) is 14.0. The van der Waals surface area contributed by atoms with E-state index in [1.807, 2.05) is 0 Å². The van der Waals surface area contributed by atoms with Gasteiger partial charge in [0.2, 0.25) is 5.95 Å². The van der Waals surface area contributed by atoms with E-state index in [1.54, 1.807) is 11.5 Å². The molecule has 19 nitrogen and oxygen atoms in total. The van der Waals surface area contributed by atoms with Gasteiger partial charge in [-0.25, -0.2) is 24.5 Å². The van der Waals surface area contributed by atoms with Gasteiger partial charge in [0.05, 0.1) is 38.1 Å². The molecule has 6 rings (SSSR count).